The molecule has 1 aliphatic heterocycles. The average molecular weight is 284 g/mol. The van der Waals surface area contributed by atoms with E-state index in [-0.39, 0.29) is 11.9 Å². The van der Waals surface area contributed by atoms with E-state index in [1.54, 1.807) is 18.2 Å². The van der Waals surface area contributed by atoms with Crippen molar-refractivity contribution in [2.45, 2.75) is 12.5 Å². The Bertz CT molecular complexity index is 433. The maximum absolute atomic E-state index is 11.8. The summed E-state index contributed by atoms with van der Waals surface area (Å²) in [5.74, 6) is -0.628. The van der Waals surface area contributed by atoms with E-state index in [1.807, 2.05) is 6.07 Å². The smallest absolute Gasteiger partial charge is 0.328 e. The first-order valence-electron chi connectivity index (χ1n) is 4.90. The van der Waals surface area contributed by atoms with E-state index in [2.05, 4.69) is 21.2 Å². The highest BCUT2D eigenvalue weighted by atomic mass is 79.9. The van der Waals surface area contributed by atoms with Gasteiger partial charge in [-0.15, -0.1) is 0 Å². The van der Waals surface area contributed by atoms with Crippen LogP contribution in [0.25, 0.3) is 0 Å². The fraction of sp³-hybridized carbons (Fsp3) is 0.273. The Balaban J connectivity index is 2.09. The Morgan fingerprint density at radius 1 is 1.44 bits per heavy atom. The minimum atomic E-state index is -0.514. The molecule has 1 saturated heterocycles. The molecule has 0 saturated carbocycles. The van der Waals surface area contributed by atoms with Crippen LogP contribution < -0.4 is 5.32 Å². The number of hydrogen-bond acceptors (Lipinski definition) is 3. The maximum Gasteiger partial charge on any atom is 0.328 e. The predicted molar refractivity (Wildman–Crippen MR) is 61.0 cm³/mol. The molecule has 1 aromatic carbocycles. The van der Waals surface area contributed by atoms with Gasteiger partial charge in [-0.3, -0.25) is 4.79 Å². The topological polar surface area (TPSA) is 55.4 Å². The molecule has 84 valence electrons. The molecule has 1 fully saturated rings. The van der Waals surface area contributed by atoms with Crippen molar-refractivity contribution in [1.29, 1.82) is 0 Å². The summed E-state index contributed by atoms with van der Waals surface area (Å²) in [6.07, 6.45) is 0.537. The molecular weight excluding hydrogens is 274 g/mol. The van der Waals surface area contributed by atoms with Gasteiger partial charge in [-0.1, -0.05) is 12.1 Å². The molecule has 16 heavy (non-hydrogen) atoms. The van der Waals surface area contributed by atoms with Gasteiger partial charge in [-0.05, 0) is 28.1 Å². The van der Waals surface area contributed by atoms with Crippen molar-refractivity contribution < 1.29 is 14.3 Å². The normalized spacial score (nSPS) is 19.3. The largest absolute Gasteiger partial charge is 0.464 e. The monoisotopic (exact) mass is 283 g/mol. The van der Waals surface area contributed by atoms with Crippen molar-refractivity contribution in [3.05, 3.63) is 34.3 Å². The zero-order valence-corrected chi connectivity index (χ0v) is 9.99. The summed E-state index contributed by atoms with van der Waals surface area (Å²) in [6, 6.07) is 6.55. The molecule has 0 bridgehead atoms. The van der Waals surface area contributed by atoms with Gasteiger partial charge in [0.1, 0.15) is 6.04 Å². The van der Waals surface area contributed by atoms with Gasteiger partial charge in [0.05, 0.1) is 12.2 Å². The number of nitrogens with one attached hydrogen (secondary N) is 1. The number of cyclic esters (lactones) is 1. The summed E-state index contributed by atoms with van der Waals surface area (Å²) >= 11 is 3.28. The van der Waals surface area contributed by atoms with Gasteiger partial charge in [-0.25, -0.2) is 4.79 Å². The van der Waals surface area contributed by atoms with Crippen LogP contribution in [0.3, 0.4) is 0 Å². The third-order valence-electron chi connectivity index (χ3n) is 2.36. The van der Waals surface area contributed by atoms with Gasteiger partial charge in [0, 0.05) is 10.9 Å². The lowest BCUT2D eigenvalue weighted by Gasteiger charge is -2.09. The number of carbonyl (C=O) groups excluding carboxylic acids is 2. The SMILES string of the molecule is O=C(N[C@H]1CCOC1=O)c1ccccc1Br. The van der Waals surface area contributed by atoms with E-state index in [0.717, 1.165) is 0 Å². The van der Waals surface area contributed by atoms with Crippen LogP contribution in [-0.2, 0) is 9.53 Å². The van der Waals surface area contributed by atoms with Gasteiger partial charge >= 0.3 is 5.97 Å². The van der Waals surface area contributed by atoms with Gasteiger partial charge in [-0.2, -0.15) is 0 Å². The first-order chi connectivity index (χ1) is 7.68. The summed E-state index contributed by atoms with van der Waals surface area (Å²) in [4.78, 5) is 23.0. The lowest BCUT2D eigenvalue weighted by atomic mass is 10.2. The number of hydrogen-bond donors (Lipinski definition) is 1. The molecule has 1 aromatic rings. The number of carbonyl (C=O) groups is 2. The standard InChI is InChI=1S/C11H10BrNO3/c12-8-4-2-1-3-7(8)10(14)13-9-5-6-16-11(9)15/h1-4,9H,5-6H2,(H,13,14)/t9-/m0/s1. The zero-order valence-electron chi connectivity index (χ0n) is 8.40. The van der Waals surface area contributed by atoms with Crippen LogP contribution >= 0.6 is 15.9 Å². The van der Waals surface area contributed by atoms with Crippen LogP contribution in [0.4, 0.5) is 0 Å². The Kier molecular flexibility index (Phi) is 3.24. The second kappa shape index (κ2) is 4.65. The Labute approximate surface area is 101 Å². The number of rotatable bonds is 2. The number of ether oxygens (including phenoxy) is 1. The third-order valence-corrected chi connectivity index (χ3v) is 3.05. The molecule has 1 amide bonds. The number of benzene rings is 1. The summed E-state index contributed by atoms with van der Waals surface area (Å²) < 4.78 is 5.47. The Morgan fingerprint density at radius 3 is 2.81 bits per heavy atom. The first kappa shape index (κ1) is 11.1. The predicted octanol–water partition coefficient (Wildman–Crippen LogP) is 1.49. The summed E-state index contributed by atoms with van der Waals surface area (Å²) in [5, 5.41) is 2.64. The fourth-order valence-electron chi connectivity index (χ4n) is 1.51. The Morgan fingerprint density at radius 2 is 2.19 bits per heavy atom. The minimum absolute atomic E-state index is 0.267. The molecule has 0 unspecified atom stereocenters. The molecule has 0 spiro atoms. The summed E-state index contributed by atoms with van der Waals surface area (Å²) in [7, 11) is 0. The van der Waals surface area contributed by atoms with Crippen LogP contribution in [-0.4, -0.2) is 24.5 Å². The van der Waals surface area contributed by atoms with E-state index >= 15 is 0 Å². The number of halogens is 1. The number of esters is 1. The summed E-state index contributed by atoms with van der Waals surface area (Å²) in [6.45, 7) is 0.375. The Hall–Kier alpha value is -1.36. The quantitative estimate of drug-likeness (QED) is 0.837. The lowest BCUT2D eigenvalue weighted by molar-refractivity contribution is -0.139. The lowest BCUT2D eigenvalue weighted by Crippen LogP contribution is -2.38. The zero-order chi connectivity index (χ0) is 11.5. The van der Waals surface area contributed by atoms with Gasteiger partial charge in [0.25, 0.3) is 5.91 Å². The second-order valence-electron chi connectivity index (χ2n) is 3.46. The van der Waals surface area contributed by atoms with Crippen molar-refractivity contribution >= 4 is 27.8 Å². The first-order valence-corrected chi connectivity index (χ1v) is 5.70. The molecule has 4 nitrogen and oxygen atoms in total. The molecule has 1 N–H and O–H groups in total. The van der Waals surface area contributed by atoms with E-state index in [9.17, 15) is 9.59 Å². The van der Waals surface area contributed by atoms with Crippen LogP contribution in [0.15, 0.2) is 28.7 Å². The molecular formula is C11H10BrNO3. The van der Waals surface area contributed by atoms with Gasteiger partial charge in [0.15, 0.2) is 0 Å². The second-order valence-corrected chi connectivity index (χ2v) is 4.32. The number of amides is 1. The van der Waals surface area contributed by atoms with E-state index in [0.29, 0.717) is 23.1 Å². The molecule has 0 aliphatic carbocycles. The highest BCUT2D eigenvalue weighted by Gasteiger charge is 2.28. The molecule has 2 rings (SSSR count). The molecule has 0 aromatic heterocycles. The van der Waals surface area contributed by atoms with Gasteiger partial charge in [0.2, 0.25) is 0 Å². The minimum Gasteiger partial charge on any atom is -0.464 e. The molecule has 1 atom stereocenters. The molecule has 0 radical (unpaired) electrons. The van der Waals surface area contributed by atoms with E-state index in [4.69, 9.17) is 4.74 Å². The van der Waals surface area contributed by atoms with Crippen LogP contribution in [0.1, 0.15) is 16.8 Å². The van der Waals surface area contributed by atoms with Crippen LogP contribution in [0, 0.1) is 0 Å². The van der Waals surface area contributed by atoms with Crippen molar-refractivity contribution in [3.8, 4) is 0 Å². The van der Waals surface area contributed by atoms with Crippen molar-refractivity contribution in [1.82, 2.24) is 5.32 Å². The fourth-order valence-corrected chi connectivity index (χ4v) is 1.97. The van der Waals surface area contributed by atoms with Crippen molar-refractivity contribution in [2.75, 3.05) is 6.61 Å². The third kappa shape index (κ3) is 2.24. The van der Waals surface area contributed by atoms with E-state index in [1.165, 1.54) is 0 Å². The average Bonchev–Trinajstić information content (AvgIpc) is 2.65. The van der Waals surface area contributed by atoms with Gasteiger partial charge < -0.3 is 10.1 Å². The highest BCUT2D eigenvalue weighted by molar-refractivity contribution is 9.10. The van der Waals surface area contributed by atoms with Crippen LogP contribution in [0.2, 0.25) is 0 Å². The summed E-state index contributed by atoms with van der Waals surface area (Å²) in [5.41, 5.74) is 0.516. The molecule has 5 heteroatoms. The van der Waals surface area contributed by atoms with E-state index < -0.39 is 6.04 Å². The van der Waals surface area contributed by atoms with Crippen LogP contribution in [0.5, 0.6) is 0 Å². The maximum atomic E-state index is 11.8. The highest BCUT2D eigenvalue weighted by Crippen LogP contribution is 2.16. The van der Waals surface area contributed by atoms with Crippen molar-refractivity contribution in [3.63, 3.8) is 0 Å². The molecule has 1 heterocycles. The molecule has 1 aliphatic rings. The van der Waals surface area contributed by atoms with Crippen molar-refractivity contribution in [2.24, 2.45) is 0 Å².